The van der Waals surface area contributed by atoms with Crippen LogP contribution in [0.5, 0.6) is 0 Å². The van der Waals surface area contributed by atoms with Gasteiger partial charge in [0.15, 0.2) is 0 Å². The van der Waals surface area contributed by atoms with Crippen LogP contribution in [0.3, 0.4) is 0 Å². The molecule has 104 valence electrons. The Kier molecular flexibility index (Phi) is 5.20. The van der Waals surface area contributed by atoms with Crippen molar-refractivity contribution >= 4 is 45.8 Å². The predicted octanol–water partition coefficient (Wildman–Crippen LogP) is 2.97. The molecule has 2 rings (SSSR count). The number of carbonyl (C=O) groups excluding carboxylic acids is 1. The van der Waals surface area contributed by atoms with E-state index in [1.54, 1.807) is 11.3 Å². The van der Waals surface area contributed by atoms with E-state index in [1.165, 1.54) is 0 Å². The zero-order valence-electron chi connectivity index (χ0n) is 10.4. The highest BCUT2D eigenvalue weighted by atomic mass is 127. The molecule has 1 aliphatic rings. The molecule has 1 fully saturated rings. The maximum atomic E-state index is 11.9. The fraction of sp³-hybridized carbons (Fsp3) is 0.538. The highest BCUT2D eigenvalue weighted by Crippen LogP contribution is 2.28. The molecule has 4 nitrogen and oxygen atoms in total. The minimum Gasteiger partial charge on any atom is -0.481 e. The number of hydrogen-bond acceptors (Lipinski definition) is 3. The number of amides is 1. The lowest BCUT2D eigenvalue weighted by Crippen LogP contribution is -2.32. The number of hydrogen-bond donors (Lipinski definition) is 2. The van der Waals surface area contributed by atoms with Crippen molar-refractivity contribution in [1.29, 1.82) is 0 Å². The van der Waals surface area contributed by atoms with E-state index >= 15 is 0 Å². The van der Waals surface area contributed by atoms with Gasteiger partial charge in [0.25, 0.3) is 5.91 Å². The van der Waals surface area contributed by atoms with Crippen molar-refractivity contribution < 1.29 is 14.7 Å². The van der Waals surface area contributed by atoms with Gasteiger partial charge in [-0.2, -0.15) is 0 Å². The molecule has 0 spiro atoms. The number of carboxylic acids is 1. The fourth-order valence-electron chi connectivity index (χ4n) is 2.38. The summed E-state index contributed by atoms with van der Waals surface area (Å²) in [6.07, 6.45) is 3.23. The van der Waals surface area contributed by atoms with E-state index in [0.29, 0.717) is 18.0 Å². The molecule has 2 N–H and O–H groups in total. The van der Waals surface area contributed by atoms with Crippen LogP contribution in [0.2, 0.25) is 0 Å². The SMILES string of the molecule is O=C(NCC1CCC(C(=O)O)CC1)c1csc(I)c1. The van der Waals surface area contributed by atoms with Crippen LogP contribution in [0.25, 0.3) is 0 Å². The Balaban J connectivity index is 1.75. The predicted molar refractivity (Wildman–Crippen MR) is 82.5 cm³/mol. The minimum absolute atomic E-state index is 0.0282. The Morgan fingerprint density at radius 3 is 2.58 bits per heavy atom. The summed E-state index contributed by atoms with van der Waals surface area (Å²) in [6.45, 7) is 0.650. The zero-order chi connectivity index (χ0) is 13.8. The maximum absolute atomic E-state index is 11.9. The van der Waals surface area contributed by atoms with Gasteiger partial charge in [-0.25, -0.2) is 0 Å². The number of thiophene rings is 1. The summed E-state index contributed by atoms with van der Waals surface area (Å²) in [5.41, 5.74) is 0.716. The number of rotatable bonds is 4. The van der Waals surface area contributed by atoms with Gasteiger partial charge < -0.3 is 10.4 Å². The molecule has 6 heteroatoms. The first kappa shape index (κ1) is 14.8. The molecular weight excluding hydrogens is 377 g/mol. The van der Waals surface area contributed by atoms with E-state index < -0.39 is 5.97 Å². The normalized spacial score (nSPS) is 23.0. The van der Waals surface area contributed by atoms with Crippen molar-refractivity contribution in [3.05, 3.63) is 19.9 Å². The van der Waals surface area contributed by atoms with Crippen LogP contribution in [-0.2, 0) is 4.79 Å². The number of carbonyl (C=O) groups is 2. The second-order valence-electron chi connectivity index (χ2n) is 4.91. The summed E-state index contributed by atoms with van der Waals surface area (Å²) in [5.74, 6) is -0.488. The first-order valence-electron chi connectivity index (χ1n) is 6.31. The largest absolute Gasteiger partial charge is 0.481 e. The molecule has 1 saturated carbocycles. The molecule has 1 heterocycles. The molecule has 1 aliphatic carbocycles. The number of carboxylic acid groups (broad SMARTS) is 1. The van der Waals surface area contributed by atoms with Crippen LogP contribution in [0.4, 0.5) is 0 Å². The van der Waals surface area contributed by atoms with Crippen molar-refractivity contribution in [2.24, 2.45) is 11.8 Å². The van der Waals surface area contributed by atoms with Gasteiger partial charge in [0.05, 0.1) is 14.4 Å². The molecule has 0 unspecified atom stereocenters. The van der Waals surface area contributed by atoms with E-state index in [2.05, 4.69) is 27.9 Å². The summed E-state index contributed by atoms with van der Waals surface area (Å²) in [6, 6.07) is 1.88. The summed E-state index contributed by atoms with van der Waals surface area (Å²) in [5, 5.41) is 13.7. The van der Waals surface area contributed by atoms with Gasteiger partial charge in [-0.05, 0) is 60.3 Å². The Labute approximate surface area is 129 Å². The first-order valence-corrected chi connectivity index (χ1v) is 8.27. The lowest BCUT2D eigenvalue weighted by molar-refractivity contribution is -0.143. The van der Waals surface area contributed by atoms with E-state index in [9.17, 15) is 9.59 Å². The van der Waals surface area contributed by atoms with E-state index in [-0.39, 0.29) is 11.8 Å². The smallest absolute Gasteiger partial charge is 0.306 e. The Hall–Kier alpha value is -0.630. The third-order valence-corrected chi connectivity index (χ3v) is 5.37. The molecule has 0 saturated heterocycles. The summed E-state index contributed by atoms with van der Waals surface area (Å²) >= 11 is 3.76. The van der Waals surface area contributed by atoms with Crippen molar-refractivity contribution in [3.63, 3.8) is 0 Å². The Morgan fingerprint density at radius 1 is 1.37 bits per heavy atom. The van der Waals surface area contributed by atoms with Crippen LogP contribution >= 0.6 is 33.9 Å². The second kappa shape index (κ2) is 6.69. The van der Waals surface area contributed by atoms with Crippen molar-refractivity contribution in [2.45, 2.75) is 25.7 Å². The minimum atomic E-state index is -0.685. The molecule has 0 aliphatic heterocycles. The van der Waals surface area contributed by atoms with Crippen molar-refractivity contribution in [2.75, 3.05) is 6.54 Å². The van der Waals surface area contributed by atoms with Gasteiger partial charge >= 0.3 is 5.97 Å². The molecular formula is C13H16INO3S. The van der Waals surface area contributed by atoms with Crippen LogP contribution < -0.4 is 5.32 Å². The number of halogens is 1. The third-order valence-electron chi connectivity index (χ3n) is 3.58. The first-order chi connectivity index (χ1) is 9.06. The molecule has 0 bridgehead atoms. The summed E-state index contributed by atoms with van der Waals surface area (Å²) < 4.78 is 1.10. The number of aliphatic carboxylic acids is 1. The van der Waals surface area contributed by atoms with Crippen LogP contribution in [0.15, 0.2) is 11.4 Å². The average molecular weight is 393 g/mol. The van der Waals surface area contributed by atoms with Gasteiger partial charge in [-0.15, -0.1) is 11.3 Å². The van der Waals surface area contributed by atoms with Crippen LogP contribution in [-0.4, -0.2) is 23.5 Å². The summed E-state index contributed by atoms with van der Waals surface area (Å²) in [7, 11) is 0. The monoisotopic (exact) mass is 393 g/mol. The molecule has 0 atom stereocenters. The van der Waals surface area contributed by atoms with Crippen molar-refractivity contribution in [1.82, 2.24) is 5.32 Å². The zero-order valence-corrected chi connectivity index (χ0v) is 13.4. The Bertz CT molecular complexity index is 466. The Morgan fingerprint density at radius 2 is 2.05 bits per heavy atom. The molecule has 1 aromatic heterocycles. The summed E-state index contributed by atoms with van der Waals surface area (Å²) in [4.78, 5) is 22.7. The topological polar surface area (TPSA) is 66.4 Å². The lowest BCUT2D eigenvalue weighted by atomic mass is 9.82. The number of nitrogens with one attached hydrogen (secondary N) is 1. The average Bonchev–Trinajstić information content (AvgIpc) is 2.83. The van der Waals surface area contributed by atoms with Gasteiger partial charge in [-0.1, -0.05) is 0 Å². The van der Waals surface area contributed by atoms with Crippen molar-refractivity contribution in [3.8, 4) is 0 Å². The second-order valence-corrected chi connectivity index (χ2v) is 7.71. The van der Waals surface area contributed by atoms with E-state index in [0.717, 1.165) is 28.6 Å². The molecule has 1 amide bonds. The van der Waals surface area contributed by atoms with Gasteiger partial charge in [0.1, 0.15) is 0 Å². The highest BCUT2D eigenvalue weighted by Gasteiger charge is 2.26. The third kappa shape index (κ3) is 4.17. The maximum Gasteiger partial charge on any atom is 0.306 e. The molecule has 0 radical (unpaired) electrons. The van der Waals surface area contributed by atoms with Gasteiger partial charge in [0, 0.05) is 11.9 Å². The molecule has 0 aromatic carbocycles. The van der Waals surface area contributed by atoms with Gasteiger partial charge in [-0.3, -0.25) is 9.59 Å². The lowest BCUT2D eigenvalue weighted by Gasteiger charge is -2.26. The fourth-order valence-corrected chi connectivity index (χ4v) is 3.71. The standard InChI is InChI=1S/C13H16INO3S/c14-11-5-10(7-19-11)12(16)15-6-8-1-3-9(4-2-8)13(17)18/h5,7-9H,1-4,6H2,(H,15,16)(H,17,18). The molecule has 19 heavy (non-hydrogen) atoms. The highest BCUT2D eigenvalue weighted by molar-refractivity contribution is 14.1. The van der Waals surface area contributed by atoms with Crippen LogP contribution in [0, 0.1) is 14.7 Å². The molecule has 1 aromatic rings. The quantitative estimate of drug-likeness (QED) is 0.774. The van der Waals surface area contributed by atoms with E-state index in [4.69, 9.17) is 5.11 Å². The van der Waals surface area contributed by atoms with Crippen LogP contribution in [0.1, 0.15) is 36.0 Å². The van der Waals surface area contributed by atoms with E-state index in [1.807, 2.05) is 11.4 Å². The van der Waals surface area contributed by atoms with Gasteiger partial charge in [0.2, 0.25) is 0 Å².